The van der Waals surface area contributed by atoms with E-state index in [1.165, 1.54) is 27.7 Å². The van der Waals surface area contributed by atoms with E-state index in [4.69, 9.17) is 39.8 Å². The van der Waals surface area contributed by atoms with Crippen LogP contribution in [0, 0.1) is 23.2 Å². The molecule has 40 nitrogen and oxygen atoms in total. The average Bonchev–Trinajstić information content (AvgIpc) is 0.854. The number of nitrogens with one attached hydrogen (secondary N) is 14. The summed E-state index contributed by atoms with van der Waals surface area (Å²) in [4.78, 5) is 223. The van der Waals surface area contributed by atoms with E-state index in [2.05, 4.69) is 94.4 Å². The van der Waals surface area contributed by atoms with Gasteiger partial charge in [0, 0.05) is 37.3 Å². The number of hydrogen-bond donors (Lipinski definition) is 25. The summed E-state index contributed by atoms with van der Waals surface area (Å²) in [5.41, 5.74) is 32.7. The van der Waals surface area contributed by atoms with Gasteiger partial charge in [-0.15, -0.1) is 0 Å². The fraction of sp³-hybridized carbons (Fsp3) is 0.690. The molecular formula is C58H102N20O20S2. The molecule has 0 fully saturated rings. The largest absolute Gasteiger partial charge is 0.481 e. The van der Waals surface area contributed by atoms with Gasteiger partial charge in [-0.3, -0.25) is 82.1 Å². The first kappa shape index (κ1) is 90.8. The molecule has 0 aliphatic heterocycles. The highest BCUT2D eigenvalue weighted by atomic mass is 32.1. The molecule has 0 bridgehead atoms. The second kappa shape index (κ2) is 47.8. The summed E-state index contributed by atoms with van der Waals surface area (Å²) in [6.07, 6.45) is -2.91. The Bertz CT molecular complexity index is 2860. The molecule has 0 aromatic rings. The van der Waals surface area contributed by atoms with Crippen LogP contribution in [0.4, 0.5) is 0 Å². The number of rotatable bonds is 51. The lowest BCUT2D eigenvalue weighted by Gasteiger charge is -2.30. The van der Waals surface area contributed by atoms with Crippen LogP contribution in [-0.4, -0.2) is 232 Å². The number of unbranched alkanes of at least 4 members (excludes halogenated alkanes) is 1. The highest BCUT2D eigenvalue weighted by Gasteiger charge is 2.38. The van der Waals surface area contributed by atoms with Gasteiger partial charge in [0.05, 0.1) is 25.6 Å². The Kier molecular flexibility index (Phi) is 43.4. The molecule has 0 aromatic heterocycles. The third-order valence-electron chi connectivity index (χ3n) is 15.0. The topological polar surface area (TPSA) is 687 Å². The number of thiol groups is 2. The first-order chi connectivity index (χ1) is 46.8. The molecule has 15 amide bonds. The van der Waals surface area contributed by atoms with Crippen molar-refractivity contribution in [2.24, 2.45) is 52.2 Å². The van der Waals surface area contributed by atoms with Gasteiger partial charge in [0.2, 0.25) is 88.6 Å². The molecule has 100 heavy (non-hydrogen) atoms. The molecule has 0 spiro atoms. The molecule has 0 saturated carbocycles. The quantitative estimate of drug-likeness (QED) is 0.0116. The minimum absolute atomic E-state index is 0.0184. The Balaban J connectivity index is 6.78. The summed E-state index contributed by atoms with van der Waals surface area (Å²) >= 11 is 8.15. The number of carboxylic acids is 2. The van der Waals surface area contributed by atoms with E-state index in [1.54, 1.807) is 13.8 Å². The lowest BCUT2D eigenvalue weighted by atomic mass is 9.97. The summed E-state index contributed by atoms with van der Waals surface area (Å²) in [7, 11) is 0. The zero-order valence-electron chi connectivity index (χ0n) is 56.7. The number of carboxylic acid groups (broad SMARTS) is 2. The van der Waals surface area contributed by atoms with E-state index in [-0.39, 0.29) is 63.8 Å². The van der Waals surface area contributed by atoms with Gasteiger partial charge in [-0.2, -0.15) is 25.3 Å². The Morgan fingerprint density at radius 2 is 0.830 bits per heavy atom. The van der Waals surface area contributed by atoms with Crippen molar-refractivity contribution in [3.05, 3.63) is 0 Å². The minimum Gasteiger partial charge on any atom is -0.481 e. The molecule has 0 aromatic carbocycles. The standard InChI is InChI=1S/C58H102N20O20S2/c1-7-28(6)45(56(96)72-33(15-18-42(84)85)50(90)75-37(25-100)57(97)98)78-53(93)36(24-99)74-48(88)30(11-8-9-19-59)69-49(89)32(14-17-39(62)81)71-54(94)43(26(2)3)77-55(95)44(27(4)5)76-51(91)31(12-10-20-66-58(64)65)70-52(92)35(23-79)68-41(83)22-67-47(87)34(21-40(63)82)73-46(86)29(60)13-16-38(61)80/h26-37,43-45,79,99-100H,7-25,59-60H2,1-6H3,(H2,61,80)(H2,62,81)(H2,63,82)(H,67,87)(H,68,83)(H,69,89)(H,70,92)(H,71,94)(H,72,96)(H,73,86)(H,74,88)(H,75,90)(H,76,91)(H,77,95)(H,78,93)(H,84,85)(H,97,98)(H4,64,65,66)/t28-,29-,30-,31-,32-,33-,34-,35-,36-,37-,43-,44-,45-/m0/s1. The predicted molar refractivity (Wildman–Crippen MR) is 363 cm³/mol. The van der Waals surface area contributed by atoms with Crippen molar-refractivity contribution in [1.82, 2.24) is 69.1 Å². The number of hydrogen-bond acceptors (Lipinski definition) is 23. The lowest BCUT2D eigenvalue weighted by Crippen LogP contribution is -2.62. The van der Waals surface area contributed by atoms with E-state index < -0.39 is 248 Å². The summed E-state index contributed by atoms with van der Waals surface area (Å²) in [5, 5.41) is 67.5. The van der Waals surface area contributed by atoms with Gasteiger partial charge < -0.3 is 119 Å². The predicted octanol–water partition coefficient (Wildman–Crippen LogP) is -9.28. The molecule has 566 valence electrons. The molecule has 0 radical (unpaired) electrons. The van der Waals surface area contributed by atoms with Gasteiger partial charge >= 0.3 is 11.9 Å². The third kappa shape index (κ3) is 35.6. The Morgan fingerprint density at radius 1 is 0.430 bits per heavy atom. The smallest absolute Gasteiger partial charge is 0.327 e. The molecule has 0 saturated heterocycles. The summed E-state index contributed by atoms with van der Waals surface area (Å²) < 4.78 is 0. The second-order valence-corrected chi connectivity index (χ2v) is 24.7. The number of primary amides is 3. The zero-order valence-corrected chi connectivity index (χ0v) is 58.5. The molecule has 42 heteroatoms. The number of carbonyl (C=O) groups is 17. The van der Waals surface area contributed by atoms with Gasteiger partial charge in [-0.1, -0.05) is 48.0 Å². The molecule has 0 aliphatic carbocycles. The van der Waals surface area contributed by atoms with Crippen LogP contribution in [0.15, 0.2) is 0 Å². The van der Waals surface area contributed by atoms with Crippen LogP contribution in [0.5, 0.6) is 0 Å². The Hall–Kier alpha value is -9.16. The van der Waals surface area contributed by atoms with Crippen LogP contribution in [0.25, 0.3) is 0 Å². The Morgan fingerprint density at radius 3 is 1.28 bits per heavy atom. The van der Waals surface area contributed by atoms with Gasteiger partial charge in [-0.05, 0) is 75.7 Å². The summed E-state index contributed by atoms with van der Waals surface area (Å²) in [6.45, 7) is 7.40. The Labute approximate surface area is 588 Å². The summed E-state index contributed by atoms with van der Waals surface area (Å²) in [6, 6.07) is -18.6. The van der Waals surface area contributed by atoms with Crippen LogP contribution in [0.1, 0.15) is 125 Å². The zero-order chi connectivity index (χ0) is 76.7. The van der Waals surface area contributed by atoms with E-state index >= 15 is 0 Å². The first-order valence-corrected chi connectivity index (χ1v) is 33.3. The maximum Gasteiger partial charge on any atom is 0.327 e. The monoisotopic (exact) mass is 1460 g/mol. The van der Waals surface area contributed by atoms with Crippen LogP contribution < -0.4 is 104 Å². The van der Waals surface area contributed by atoms with Crippen LogP contribution in [0.2, 0.25) is 0 Å². The fourth-order valence-electron chi connectivity index (χ4n) is 9.01. The van der Waals surface area contributed by atoms with Crippen molar-refractivity contribution in [3.8, 4) is 0 Å². The number of aliphatic carboxylic acids is 2. The second-order valence-electron chi connectivity index (χ2n) is 24.0. The van der Waals surface area contributed by atoms with E-state index in [0.29, 0.717) is 6.42 Å². The lowest BCUT2D eigenvalue weighted by molar-refractivity contribution is -0.142. The molecule has 0 heterocycles. The van der Waals surface area contributed by atoms with Crippen molar-refractivity contribution in [3.63, 3.8) is 0 Å². The van der Waals surface area contributed by atoms with Crippen molar-refractivity contribution in [2.45, 2.75) is 198 Å². The molecule has 0 aliphatic rings. The maximum absolute atomic E-state index is 14.3. The molecule has 0 rings (SSSR count). The van der Waals surface area contributed by atoms with E-state index in [1.807, 2.05) is 0 Å². The first-order valence-electron chi connectivity index (χ1n) is 32.1. The molecule has 13 atom stereocenters. The highest BCUT2D eigenvalue weighted by molar-refractivity contribution is 7.80. The highest BCUT2D eigenvalue weighted by Crippen LogP contribution is 2.14. The number of carbonyl (C=O) groups excluding carboxylic acids is 15. The minimum atomic E-state index is -1.81. The van der Waals surface area contributed by atoms with E-state index in [0.717, 1.165) is 0 Å². The number of guanidine groups is 1. The van der Waals surface area contributed by atoms with Crippen molar-refractivity contribution in [2.75, 3.05) is 37.7 Å². The number of amides is 15. The third-order valence-corrected chi connectivity index (χ3v) is 15.8. The number of aliphatic hydroxyl groups excluding tert-OH is 1. The van der Waals surface area contributed by atoms with Crippen molar-refractivity contribution in [1.29, 1.82) is 5.41 Å². The van der Waals surface area contributed by atoms with Crippen LogP contribution >= 0.6 is 25.3 Å². The van der Waals surface area contributed by atoms with Gasteiger partial charge in [0.1, 0.15) is 66.5 Å². The van der Waals surface area contributed by atoms with Crippen LogP contribution in [0.3, 0.4) is 0 Å². The average molecular weight is 1460 g/mol. The van der Waals surface area contributed by atoms with Crippen LogP contribution in [-0.2, 0) is 81.5 Å². The molecule has 0 unspecified atom stereocenters. The van der Waals surface area contributed by atoms with Gasteiger partial charge in [-0.25, -0.2) is 4.79 Å². The fourth-order valence-corrected chi connectivity index (χ4v) is 9.52. The SMILES string of the molecule is CC[C@H](C)[C@H](NC(=O)[C@H](CS)NC(=O)[C@H](CCCCN)NC(=O)[C@H](CCC(N)=O)NC(=O)[C@@H](NC(=O)[C@@H](NC(=O)[C@H](CCCNC(=N)N)NC(=O)[C@H](CO)NC(=O)CNC(=O)[C@H](CC(N)=O)NC(=O)[C@@H](N)CCC(N)=O)C(C)C)C(C)C)C(=O)N[C@@H](CCC(=O)O)C(=O)N[C@@H](CS)C(=O)O. The van der Waals surface area contributed by atoms with E-state index in [9.17, 15) is 96.8 Å². The van der Waals surface area contributed by atoms with Gasteiger partial charge in [0.15, 0.2) is 5.96 Å². The molecule has 29 N–H and O–H groups in total. The van der Waals surface area contributed by atoms with Crippen molar-refractivity contribution < 1.29 is 96.8 Å². The number of nitrogens with two attached hydrogens (primary N) is 6. The maximum atomic E-state index is 14.3. The number of aliphatic hydroxyl groups is 1. The normalized spacial score (nSPS) is 14.9. The van der Waals surface area contributed by atoms with Gasteiger partial charge in [0.25, 0.3) is 0 Å². The van der Waals surface area contributed by atoms with Crippen molar-refractivity contribution >= 4 is 132 Å². The summed E-state index contributed by atoms with van der Waals surface area (Å²) in [5.74, 6) is -21.4. The molecular weight excluding hydrogens is 1360 g/mol.